The van der Waals surface area contributed by atoms with Crippen LogP contribution in [0.3, 0.4) is 0 Å². The molecule has 0 bridgehead atoms. The van der Waals surface area contributed by atoms with Gasteiger partial charge in [0.15, 0.2) is 5.69 Å². The third kappa shape index (κ3) is 5.63. The third-order valence-corrected chi connectivity index (χ3v) is 7.46. The Morgan fingerprint density at radius 2 is 1.92 bits per heavy atom. The van der Waals surface area contributed by atoms with Crippen LogP contribution < -0.4 is 26.4 Å². The molecule has 2 unspecified atom stereocenters. The maximum atomic E-state index is 14.1. The lowest BCUT2D eigenvalue weighted by Crippen LogP contribution is -2.45. The summed E-state index contributed by atoms with van der Waals surface area (Å²) < 4.78 is 15.0. The van der Waals surface area contributed by atoms with Crippen LogP contribution in [0.1, 0.15) is 55.7 Å². The van der Waals surface area contributed by atoms with Crippen LogP contribution in [0, 0.1) is 13.8 Å². The number of rotatable bonds is 9. The molecule has 3 amide bonds. The summed E-state index contributed by atoms with van der Waals surface area (Å²) in [5.41, 5.74) is 14.2. The van der Waals surface area contributed by atoms with E-state index in [-0.39, 0.29) is 22.4 Å². The van der Waals surface area contributed by atoms with E-state index in [0.29, 0.717) is 30.2 Å². The quantitative estimate of drug-likeness (QED) is 0.379. The summed E-state index contributed by atoms with van der Waals surface area (Å²) in [7, 11) is 1.55. The molecule has 0 radical (unpaired) electrons. The van der Waals surface area contributed by atoms with Gasteiger partial charge in [0.2, 0.25) is 5.91 Å². The molecule has 10 nitrogen and oxygen atoms in total. The van der Waals surface area contributed by atoms with Crippen LogP contribution in [0.4, 0.5) is 11.4 Å². The van der Waals surface area contributed by atoms with E-state index in [1.165, 1.54) is 4.90 Å². The highest BCUT2D eigenvalue weighted by atomic mass is 32.1. The third-order valence-electron chi connectivity index (χ3n) is 6.61. The number of carbonyl (C=O) groups excluding carboxylic acids is 3. The summed E-state index contributed by atoms with van der Waals surface area (Å²) in [6.45, 7) is 4.85. The molecule has 1 saturated heterocycles. The van der Waals surface area contributed by atoms with E-state index in [1.54, 1.807) is 37.4 Å². The van der Waals surface area contributed by atoms with Crippen molar-refractivity contribution in [1.82, 2.24) is 9.69 Å². The molecule has 1 aromatic heterocycles. The van der Waals surface area contributed by atoms with Crippen molar-refractivity contribution in [3.8, 4) is 5.75 Å². The molecule has 0 spiro atoms. The first kappa shape index (κ1) is 27.1. The fourth-order valence-corrected chi connectivity index (χ4v) is 5.06. The summed E-state index contributed by atoms with van der Waals surface area (Å²) in [6, 6.07) is 11.3. The lowest BCUT2D eigenvalue weighted by atomic mass is 10.0. The second kappa shape index (κ2) is 11.6. The zero-order chi connectivity index (χ0) is 27.4. The monoisotopic (exact) mass is 537 g/mol. The molecule has 2 aromatic carbocycles. The predicted octanol–water partition coefficient (Wildman–Crippen LogP) is 3.13. The van der Waals surface area contributed by atoms with Crippen LogP contribution in [-0.2, 0) is 9.53 Å². The number of primary amides is 1. The van der Waals surface area contributed by atoms with E-state index in [2.05, 4.69) is 9.69 Å². The average molecular weight is 538 g/mol. The van der Waals surface area contributed by atoms with Crippen molar-refractivity contribution in [1.29, 1.82) is 0 Å². The van der Waals surface area contributed by atoms with Crippen molar-refractivity contribution < 1.29 is 23.9 Å². The van der Waals surface area contributed by atoms with Gasteiger partial charge in [-0.2, -0.15) is 4.37 Å². The first-order valence-corrected chi connectivity index (χ1v) is 13.0. The van der Waals surface area contributed by atoms with Crippen LogP contribution >= 0.6 is 11.5 Å². The Balaban J connectivity index is 1.83. The second-order valence-corrected chi connectivity index (χ2v) is 9.91. The van der Waals surface area contributed by atoms with Crippen LogP contribution in [0.5, 0.6) is 5.75 Å². The Morgan fingerprint density at radius 3 is 2.50 bits per heavy atom. The molecule has 2 atom stereocenters. The minimum Gasteiger partial charge on any atom is -0.497 e. The Morgan fingerprint density at radius 1 is 1.18 bits per heavy atom. The fraction of sp³-hybridized carbons (Fsp3) is 0.333. The lowest BCUT2D eigenvalue weighted by molar-refractivity contribution is -0.123. The van der Waals surface area contributed by atoms with Gasteiger partial charge in [-0.05, 0) is 79.2 Å². The number of benzene rings is 2. The topological polar surface area (TPSA) is 150 Å². The number of nitrogen functional groups attached to an aromatic ring is 1. The first-order valence-electron chi connectivity index (χ1n) is 12.2. The van der Waals surface area contributed by atoms with E-state index in [0.717, 1.165) is 35.5 Å². The highest BCUT2D eigenvalue weighted by molar-refractivity contribution is 7.09. The van der Waals surface area contributed by atoms with E-state index in [4.69, 9.17) is 20.9 Å². The molecule has 5 N–H and O–H groups in total. The van der Waals surface area contributed by atoms with Gasteiger partial charge in [-0.1, -0.05) is 18.2 Å². The highest BCUT2D eigenvalue weighted by Gasteiger charge is 2.36. The molecule has 1 aliphatic rings. The number of amides is 3. The van der Waals surface area contributed by atoms with Gasteiger partial charge in [-0.25, -0.2) is 0 Å². The number of nitrogens with zero attached hydrogens (tertiary/aromatic N) is 2. The molecule has 11 heteroatoms. The number of hydrogen-bond donors (Lipinski definition) is 3. The normalized spacial score (nSPS) is 15.6. The summed E-state index contributed by atoms with van der Waals surface area (Å²) in [5.74, 6) is -1.20. The van der Waals surface area contributed by atoms with Gasteiger partial charge in [-0.3, -0.25) is 19.3 Å². The van der Waals surface area contributed by atoms with Crippen LogP contribution in [0.25, 0.3) is 0 Å². The summed E-state index contributed by atoms with van der Waals surface area (Å²) >= 11 is 0.768. The largest absolute Gasteiger partial charge is 0.497 e. The Bertz CT molecular complexity index is 1330. The minimum absolute atomic E-state index is 0.0162. The molecule has 0 aliphatic carbocycles. The van der Waals surface area contributed by atoms with Gasteiger partial charge < -0.3 is 26.3 Å². The SMILES string of the molecule is COc1ccc(C(C(=O)NCC2CCCO2)N(C(=O)c2snc(C(N)=O)c2N)c2ccc(C)c(C)c2)cc1. The zero-order valence-electron chi connectivity index (χ0n) is 21.5. The summed E-state index contributed by atoms with van der Waals surface area (Å²) in [4.78, 5) is 41.2. The number of carbonyl (C=O) groups is 3. The zero-order valence-corrected chi connectivity index (χ0v) is 22.3. The molecule has 38 heavy (non-hydrogen) atoms. The van der Waals surface area contributed by atoms with Crippen molar-refractivity contribution in [2.24, 2.45) is 5.73 Å². The molecule has 1 aliphatic heterocycles. The van der Waals surface area contributed by atoms with Gasteiger partial charge in [0.25, 0.3) is 11.8 Å². The molecular weight excluding hydrogens is 506 g/mol. The highest BCUT2D eigenvalue weighted by Crippen LogP contribution is 2.34. The molecule has 1 fully saturated rings. The fourth-order valence-electron chi connectivity index (χ4n) is 4.32. The van der Waals surface area contributed by atoms with Crippen molar-refractivity contribution in [2.45, 2.75) is 38.8 Å². The number of methoxy groups -OCH3 is 1. The molecule has 3 aromatic rings. The summed E-state index contributed by atoms with van der Waals surface area (Å²) in [6.07, 6.45) is 1.69. The average Bonchev–Trinajstić information content (AvgIpc) is 3.57. The first-order chi connectivity index (χ1) is 18.2. The molecular formula is C27H31N5O5S. The lowest BCUT2D eigenvalue weighted by Gasteiger charge is -2.32. The number of nitrogens with one attached hydrogen (secondary N) is 1. The molecule has 2 heterocycles. The second-order valence-electron chi connectivity index (χ2n) is 9.14. The number of anilines is 2. The van der Waals surface area contributed by atoms with Gasteiger partial charge in [-0.15, -0.1) is 0 Å². The standard InChI is InChI=1S/C27H31N5O5S/c1-15-6-9-18(13-16(15)2)32(27(35)24-21(28)22(25(29)33)31-38-24)23(17-7-10-19(36-3)11-8-17)26(34)30-14-20-5-4-12-37-20/h6-11,13,20,23H,4-5,12,14,28H2,1-3H3,(H2,29,33)(H,30,34). The van der Waals surface area contributed by atoms with Crippen LogP contribution in [0.15, 0.2) is 42.5 Å². The smallest absolute Gasteiger partial charge is 0.273 e. The van der Waals surface area contributed by atoms with E-state index in [9.17, 15) is 14.4 Å². The summed E-state index contributed by atoms with van der Waals surface area (Å²) in [5, 5.41) is 2.97. The van der Waals surface area contributed by atoms with E-state index >= 15 is 0 Å². The van der Waals surface area contributed by atoms with Crippen LogP contribution in [-0.4, -0.2) is 48.5 Å². The van der Waals surface area contributed by atoms with Gasteiger partial charge in [0, 0.05) is 18.8 Å². The van der Waals surface area contributed by atoms with Crippen molar-refractivity contribution >= 4 is 40.6 Å². The maximum absolute atomic E-state index is 14.1. The molecule has 0 saturated carbocycles. The molecule has 200 valence electrons. The van der Waals surface area contributed by atoms with E-state index in [1.807, 2.05) is 26.0 Å². The van der Waals surface area contributed by atoms with E-state index < -0.39 is 23.8 Å². The van der Waals surface area contributed by atoms with Gasteiger partial charge in [0.05, 0.1) is 18.9 Å². The number of nitrogens with two attached hydrogens (primary N) is 2. The Hall–Kier alpha value is -3.96. The van der Waals surface area contributed by atoms with Crippen molar-refractivity contribution in [3.63, 3.8) is 0 Å². The van der Waals surface area contributed by atoms with Crippen LogP contribution in [0.2, 0.25) is 0 Å². The molecule has 4 rings (SSSR count). The Kier molecular flexibility index (Phi) is 8.28. The maximum Gasteiger partial charge on any atom is 0.273 e. The number of ether oxygens (including phenoxy) is 2. The van der Waals surface area contributed by atoms with Crippen molar-refractivity contribution in [2.75, 3.05) is 30.9 Å². The predicted molar refractivity (Wildman–Crippen MR) is 145 cm³/mol. The van der Waals surface area contributed by atoms with Gasteiger partial charge in [0.1, 0.15) is 16.7 Å². The van der Waals surface area contributed by atoms with Crippen molar-refractivity contribution in [3.05, 3.63) is 69.7 Å². The number of aromatic nitrogens is 1. The number of aryl methyl sites for hydroxylation is 2. The van der Waals surface area contributed by atoms with Gasteiger partial charge >= 0.3 is 0 Å². The number of hydrogen-bond acceptors (Lipinski definition) is 8. The minimum atomic E-state index is -1.07. The Labute approximate surface area is 225 Å².